The van der Waals surface area contributed by atoms with Crippen LogP contribution in [0.25, 0.3) is 11.6 Å². The van der Waals surface area contributed by atoms with Crippen LogP contribution in [0.15, 0.2) is 78.9 Å². The molecule has 1 heterocycles. The summed E-state index contributed by atoms with van der Waals surface area (Å²) in [7, 11) is 4.57. The van der Waals surface area contributed by atoms with E-state index >= 15 is 0 Å². The van der Waals surface area contributed by atoms with E-state index in [1.807, 2.05) is 60.7 Å². The lowest BCUT2D eigenvalue weighted by Crippen LogP contribution is -2.39. The summed E-state index contributed by atoms with van der Waals surface area (Å²) in [6, 6.07) is 20.2. The highest BCUT2D eigenvalue weighted by molar-refractivity contribution is 6.25. The Morgan fingerprint density at radius 1 is 0.861 bits per heavy atom. The molecule has 0 unspecified atom stereocenters. The van der Waals surface area contributed by atoms with E-state index in [1.54, 1.807) is 18.2 Å². The smallest absolute Gasteiger partial charge is 0.261 e. The van der Waals surface area contributed by atoms with Gasteiger partial charge in [0.2, 0.25) is 5.75 Å². The van der Waals surface area contributed by atoms with Crippen LogP contribution in [0, 0.1) is 0 Å². The maximum Gasteiger partial charge on any atom is 0.261 e. The Labute approximate surface area is 210 Å². The second kappa shape index (κ2) is 11.3. The zero-order valence-electron chi connectivity index (χ0n) is 20.4. The van der Waals surface area contributed by atoms with E-state index in [2.05, 4.69) is 0 Å². The van der Waals surface area contributed by atoms with Crippen LogP contribution in [0.4, 0.5) is 0 Å². The first-order valence-corrected chi connectivity index (χ1v) is 11.4. The first-order valence-electron chi connectivity index (χ1n) is 11.4. The summed E-state index contributed by atoms with van der Waals surface area (Å²) in [5, 5.41) is 0. The highest BCUT2D eigenvalue weighted by Gasteiger charge is 2.27. The number of hydrogen-bond acceptors (Lipinski definition) is 6. The number of para-hydroxylation sites is 1. The van der Waals surface area contributed by atoms with Crippen LogP contribution in [0.3, 0.4) is 0 Å². The molecular formula is C29H27NO6. The lowest BCUT2D eigenvalue weighted by atomic mass is 10.00. The van der Waals surface area contributed by atoms with Crippen LogP contribution in [0.5, 0.6) is 28.7 Å². The van der Waals surface area contributed by atoms with Gasteiger partial charge in [-0.05, 0) is 60.0 Å². The second-order valence-electron chi connectivity index (χ2n) is 7.93. The summed E-state index contributed by atoms with van der Waals surface area (Å²) in [6.45, 7) is 0.315. The Hall–Kier alpha value is -4.52. The van der Waals surface area contributed by atoms with Crippen molar-refractivity contribution in [1.82, 2.24) is 4.90 Å². The second-order valence-corrected chi connectivity index (χ2v) is 7.93. The number of imide groups is 1. The summed E-state index contributed by atoms with van der Waals surface area (Å²) in [5.41, 5.74) is 1.89. The van der Waals surface area contributed by atoms with Crippen molar-refractivity contribution in [1.29, 1.82) is 0 Å². The van der Waals surface area contributed by atoms with Crippen LogP contribution < -0.4 is 18.9 Å². The van der Waals surface area contributed by atoms with Crippen LogP contribution in [-0.2, 0) is 9.59 Å². The average Bonchev–Trinajstić information content (AvgIpc) is 2.92. The van der Waals surface area contributed by atoms with Gasteiger partial charge in [0.1, 0.15) is 11.5 Å². The average molecular weight is 486 g/mol. The van der Waals surface area contributed by atoms with Gasteiger partial charge in [-0.25, -0.2) is 0 Å². The fraction of sp³-hybridized carbons (Fsp3) is 0.172. The normalized spacial score (nSPS) is 13.4. The topological polar surface area (TPSA) is 74.3 Å². The number of amides is 2. The van der Waals surface area contributed by atoms with Gasteiger partial charge in [0.15, 0.2) is 11.5 Å². The molecule has 1 aliphatic rings. The third-order valence-corrected chi connectivity index (χ3v) is 5.69. The highest BCUT2D eigenvalue weighted by atomic mass is 16.5. The Balaban J connectivity index is 1.47. The largest absolute Gasteiger partial charge is 0.493 e. The standard InChI is InChI=1S/C29H27NO6/c1-33-25-18-20(19-26(34-2)28(25)35-3)11-16-27(31)30-17-7-10-24(29(30)32)21-12-14-23(15-13-21)36-22-8-5-4-6-9-22/h4-6,8-16,18-19H,7,17H2,1-3H3. The van der Waals surface area contributed by atoms with E-state index in [4.69, 9.17) is 18.9 Å². The first kappa shape index (κ1) is 24.6. The predicted molar refractivity (Wildman–Crippen MR) is 137 cm³/mol. The number of rotatable bonds is 8. The summed E-state index contributed by atoms with van der Waals surface area (Å²) in [6.07, 6.45) is 5.43. The molecule has 1 aliphatic heterocycles. The molecule has 0 fully saturated rings. The summed E-state index contributed by atoms with van der Waals surface area (Å²) in [4.78, 5) is 27.3. The first-order chi connectivity index (χ1) is 17.5. The number of methoxy groups -OCH3 is 3. The molecule has 0 radical (unpaired) electrons. The quantitative estimate of drug-likeness (QED) is 0.400. The SMILES string of the molecule is COc1cc(C=CC(=O)N2CCC=C(c3ccc(Oc4ccccc4)cc3)C2=O)cc(OC)c1OC. The molecule has 0 aliphatic carbocycles. The Bertz CT molecular complexity index is 1270. The third-order valence-electron chi connectivity index (χ3n) is 5.69. The Kier molecular flexibility index (Phi) is 7.70. The molecule has 7 heteroatoms. The van der Waals surface area contributed by atoms with Crippen molar-refractivity contribution < 1.29 is 28.5 Å². The van der Waals surface area contributed by atoms with Crippen molar-refractivity contribution in [2.75, 3.05) is 27.9 Å². The van der Waals surface area contributed by atoms with Gasteiger partial charge < -0.3 is 18.9 Å². The minimum Gasteiger partial charge on any atom is -0.493 e. The van der Waals surface area contributed by atoms with Gasteiger partial charge in [0, 0.05) is 18.2 Å². The number of carbonyl (C=O) groups excluding carboxylic acids is 2. The van der Waals surface area contributed by atoms with Crippen molar-refractivity contribution in [3.63, 3.8) is 0 Å². The number of carbonyl (C=O) groups is 2. The number of benzene rings is 3. The van der Waals surface area contributed by atoms with Crippen LogP contribution in [0.2, 0.25) is 0 Å². The Morgan fingerprint density at radius 2 is 1.50 bits per heavy atom. The van der Waals surface area contributed by atoms with Crippen molar-refractivity contribution in [2.24, 2.45) is 0 Å². The van der Waals surface area contributed by atoms with Crippen LogP contribution in [0.1, 0.15) is 17.5 Å². The molecule has 7 nitrogen and oxygen atoms in total. The molecule has 0 atom stereocenters. The van der Waals surface area contributed by atoms with E-state index in [-0.39, 0.29) is 5.91 Å². The summed E-state index contributed by atoms with van der Waals surface area (Å²) < 4.78 is 21.9. The highest BCUT2D eigenvalue weighted by Crippen LogP contribution is 2.38. The molecule has 2 amide bonds. The number of nitrogens with zero attached hydrogens (tertiary/aromatic N) is 1. The molecule has 184 valence electrons. The molecular weight excluding hydrogens is 458 g/mol. The molecule has 0 aromatic heterocycles. The monoisotopic (exact) mass is 485 g/mol. The summed E-state index contributed by atoms with van der Waals surface area (Å²) in [5.74, 6) is 2.07. The molecule has 0 saturated carbocycles. The third kappa shape index (κ3) is 5.41. The van der Waals surface area contributed by atoms with Crippen molar-refractivity contribution in [2.45, 2.75) is 6.42 Å². The van der Waals surface area contributed by atoms with Crippen LogP contribution in [-0.4, -0.2) is 44.6 Å². The molecule has 3 aromatic rings. The van der Waals surface area contributed by atoms with Gasteiger partial charge >= 0.3 is 0 Å². The van der Waals surface area contributed by atoms with Crippen molar-refractivity contribution in [3.8, 4) is 28.7 Å². The minimum atomic E-state index is -0.400. The molecule has 0 spiro atoms. The number of hydrogen-bond donors (Lipinski definition) is 0. The number of ether oxygens (including phenoxy) is 4. The van der Waals surface area contributed by atoms with Crippen LogP contribution >= 0.6 is 0 Å². The zero-order valence-corrected chi connectivity index (χ0v) is 20.4. The maximum atomic E-state index is 13.2. The molecule has 3 aromatic carbocycles. The van der Waals surface area contributed by atoms with Gasteiger partial charge in [-0.3, -0.25) is 14.5 Å². The van der Waals surface area contributed by atoms with E-state index in [1.165, 1.54) is 32.3 Å². The van der Waals surface area contributed by atoms with Crippen molar-refractivity contribution >= 4 is 23.5 Å². The van der Waals surface area contributed by atoms with E-state index in [9.17, 15) is 9.59 Å². The maximum absolute atomic E-state index is 13.2. The van der Waals surface area contributed by atoms with Gasteiger partial charge in [-0.2, -0.15) is 0 Å². The lowest BCUT2D eigenvalue weighted by Gasteiger charge is -2.24. The fourth-order valence-corrected chi connectivity index (χ4v) is 3.91. The predicted octanol–water partition coefficient (Wildman–Crippen LogP) is 5.36. The molecule has 0 bridgehead atoms. The molecule has 0 saturated heterocycles. The zero-order chi connectivity index (χ0) is 25.5. The van der Waals surface area contributed by atoms with E-state index in [0.717, 1.165) is 11.3 Å². The Morgan fingerprint density at radius 3 is 2.11 bits per heavy atom. The van der Waals surface area contributed by atoms with Gasteiger partial charge in [0.25, 0.3) is 11.8 Å². The minimum absolute atomic E-state index is 0.315. The molecule has 4 rings (SSSR count). The van der Waals surface area contributed by atoms with E-state index in [0.29, 0.717) is 47.1 Å². The lowest BCUT2D eigenvalue weighted by molar-refractivity contribution is -0.138. The van der Waals surface area contributed by atoms with Gasteiger partial charge in [-0.15, -0.1) is 0 Å². The van der Waals surface area contributed by atoms with Gasteiger partial charge in [-0.1, -0.05) is 36.4 Å². The van der Waals surface area contributed by atoms with Gasteiger partial charge in [0.05, 0.1) is 21.3 Å². The summed E-state index contributed by atoms with van der Waals surface area (Å²) >= 11 is 0. The molecule has 36 heavy (non-hydrogen) atoms. The van der Waals surface area contributed by atoms with E-state index < -0.39 is 5.91 Å². The van der Waals surface area contributed by atoms with Crippen molar-refractivity contribution in [3.05, 3.63) is 90.0 Å². The fourth-order valence-electron chi connectivity index (χ4n) is 3.91. The molecule has 0 N–H and O–H groups in total.